The largest absolute Gasteiger partial charge is 0.481 e. The Hall–Kier alpha value is -1.25. The summed E-state index contributed by atoms with van der Waals surface area (Å²) in [5, 5.41) is 33.1. The van der Waals surface area contributed by atoms with Crippen LogP contribution in [0.1, 0.15) is 12.8 Å². The summed E-state index contributed by atoms with van der Waals surface area (Å²) in [6, 6.07) is 0. The summed E-state index contributed by atoms with van der Waals surface area (Å²) in [6.45, 7) is -0.362. The topological polar surface area (TPSA) is 147 Å². The minimum Gasteiger partial charge on any atom is -0.481 e. The summed E-state index contributed by atoms with van der Waals surface area (Å²) in [5.41, 5.74) is 5.01. The van der Waals surface area contributed by atoms with E-state index in [9.17, 15) is 14.9 Å². The van der Waals surface area contributed by atoms with E-state index in [-0.39, 0.29) is 6.42 Å². The number of carboxylic acids is 1. The van der Waals surface area contributed by atoms with Crippen molar-refractivity contribution in [3.8, 4) is 0 Å². The highest BCUT2D eigenvalue weighted by Gasteiger charge is 2.10. The third kappa shape index (κ3) is 13.3. The lowest BCUT2D eigenvalue weighted by molar-refractivity contribution is -0.573. The van der Waals surface area contributed by atoms with Crippen LogP contribution in [-0.4, -0.2) is 45.6 Å². The maximum atomic E-state index is 9.70. The van der Waals surface area contributed by atoms with Gasteiger partial charge in [0.1, 0.15) is 6.61 Å². The summed E-state index contributed by atoms with van der Waals surface area (Å²) in [4.78, 5) is 18.1. The molecule has 0 radical (unpaired) electrons. The van der Waals surface area contributed by atoms with E-state index in [0.717, 1.165) is 0 Å². The predicted molar refractivity (Wildman–Crippen MR) is 46.0 cm³/mol. The van der Waals surface area contributed by atoms with Crippen LogP contribution in [0.25, 0.3) is 0 Å². The van der Waals surface area contributed by atoms with Gasteiger partial charge >= 0.3 is 12.2 Å². The van der Waals surface area contributed by atoms with Gasteiger partial charge in [0.15, 0.2) is 0 Å². The number of aliphatic carboxylic acids is 1. The molecule has 0 saturated heterocycles. The van der Waals surface area contributed by atoms with Gasteiger partial charge in [-0.2, -0.15) is 0 Å². The molecular formula is C6H14N2O6. The van der Waals surface area contributed by atoms with E-state index >= 15 is 0 Å². The number of carbonyl (C=O) groups is 1. The van der Waals surface area contributed by atoms with E-state index in [1.807, 2.05) is 0 Å². The molecule has 0 amide bonds. The molecule has 0 spiro atoms. The average Bonchev–Trinajstić information content (AvgIpc) is 2.14. The van der Waals surface area contributed by atoms with Crippen LogP contribution in [-0.2, 0) is 4.79 Å². The Morgan fingerprint density at radius 1 is 1.57 bits per heavy atom. The number of carboxylic acid groups (broad SMARTS) is 1. The SMILES string of the molecule is NCCCC(=O)O.O=[N+]([O-])C(O)CO. The second-order valence-corrected chi connectivity index (χ2v) is 2.23. The Bertz CT molecular complexity index is 174. The zero-order chi connectivity index (χ0) is 11.6. The molecule has 1 atom stereocenters. The highest BCUT2D eigenvalue weighted by Crippen LogP contribution is 1.82. The Morgan fingerprint density at radius 3 is 2.14 bits per heavy atom. The molecule has 84 valence electrons. The minimum absolute atomic E-state index is 0.191. The maximum Gasteiger partial charge on any atom is 0.336 e. The molecule has 5 N–H and O–H groups in total. The van der Waals surface area contributed by atoms with E-state index in [1.165, 1.54) is 0 Å². The lowest BCUT2D eigenvalue weighted by Gasteiger charge is -1.92. The van der Waals surface area contributed by atoms with Gasteiger partial charge in [0.25, 0.3) is 0 Å². The molecule has 0 aliphatic heterocycles. The van der Waals surface area contributed by atoms with Crippen molar-refractivity contribution in [3.63, 3.8) is 0 Å². The van der Waals surface area contributed by atoms with Crippen molar-refractivity contribution in [1.82, 2.24) is 0 Å². The normalized spacial score (nSPS) is 11.1. The average molecular weight is 210 g/mol. The van der Waals surface area contributed by atoms with E-state index in [1.54, 1.807) is 0 Å². The second kappa shape index (κ2) is 9.84. The van der Waals surface area contributed by atoms with Crippen LogP contribution in [0.5, 0.6) is 0 Å². The zero-order valence-corrected chi connectivity index (χ0v) is 7.50. The lowest BCUT2D eigenvalue weighted by atomic mass is 10.3. The number of nitrogens with two attached hydrogens (primary N) is 1. The standard InChI is InChI=1S/C4H9NO2.C2H5NO4/c5-3-1-2-4(6)7;4-1-2(5)3(6)7/h1-3,5H2,(H,6,7);2,4-5H,1H2. The van der Waals surface area contributed by atoms with Gasteiger partial charge in [-0.15, -0.1) is 0 Å². The minimum atomic E-state index is -1.82. The summed E-state index contributed by atoms with van der Waals surface area (Å²) in [6.07, 6.45) is -1.05. The molecule has 0 fully saturated rings. The molecule has 0 rings (SSSR count). The van der Waals surface area contributed by atoms with Gasteiger partial charge < -0.3 is 21.1 Å². The molecule has 14 heavy (non-hydrogen) atoms. The van der Waals surface area contributed by atoms with Crippen LogP contribution in [0.3, 0.4) is 0 Å². The van der Waals surface area contributed by atoms with Crippen molar-refractivity contribution in [2.45, 2.75) is 19.1 Å². The van der Waals surface area contributed by atoms with Gasteiger partial charge in [-0.1, -0.05) is 0 Å². The number of hydrogen-bond acceptors (Lipinski definition) is 6. The Balaban J connectivity index is 0. The molecule has 0 heterocycles. The van der Waals surface area contributed by atoms with Crippen LogP contribution in [0.15, 0.2) is 0 Å². The summed E-state index contributed by atoms with van der Waals surface area (Å²) < 4.78 is 0. The maximum absolute atomic E-state index is 9.70. The van der Waals surface area contributed by atoms with Gasteiger partial charge in [-0.05, 0) is 13.0 Å². The molecule has 0 aromatic carbocycles. The van der Waals surface area contributed by atoms with Crippen LogP contribution in [0, 0.1) is 10.1 Å². The third-order valence-corrected chi connectivity index (χ3v) is 1.00. The smallest absolute Gasteiger partial charge is 0.336 e. The van der Waals surface area contributed by atoms with Crippen LogP contribution < -0.4 is 5.73 Å². The first-order valence-corrected chi connectivity index (χ1v) is 3.80. The first-order valence-electron chi connectivity index (χ1n) is 3.80. The number of nitrogens with zero attached hydrogens (tertiary/aromatic N) is 1. The van der Waals surface area contributed by atoms with Gasteiger partial charge in [0, 0.05) is 6.42 Å². The molecule has 0 aromatic rings. The molecule has 8 heteroatoms. The first-order chi connectivity index (χ1) is 6.45. The summed E-state index contributed by atoms with van der Waals surface area (Å²) in [7, 11) is 0. The van der Waals surface area contributed by atoms with Crippen molar-refractivity contribution in [2.24, 2.45) is 5.73 Å². The van der Waals surface area contributed by atoms with Crippen molar-refractivity contribution in [2.75, 3.05) is 13.2 Å². The molecule has 1 unspecified atom stereocenters. The highest BCUT2D eigenvalue weighted by molar-refractivity contribution is 5.66. The highest BCUT2D eigenvalue weighted by atomic mass is 16.7. The quantitative estimate of drug-likeness (QED) is 0.242. The Labute approximate surface area is 80.1 Å². The van der Waals surface area contributed by atoms with E-state index in [0.29, 0.717) is 13.0 Å². The van der Waals surface area contributed by atoms with Crippen molar-refractivity contribution >= 4 is 5.97 Å². The van der Waals surface area contributed by atoms with Crippen molar-refractivity contribution < 1.29 is 25.0 Å². The van der Waals surface area contributed by atoms with Crippen LogP contribution in [0.2, 0.25) is 0 Å². The van der Waals surface area contributed by atoms with Gasteiger partial charge in [0.05, 0.1) is 4.92 Å². The number of aliphatic hydroxyl groups is 2. The fraction of sp³-hybridized carbons (Fsp3) is 0.833. The Kier molecular flexibility index (Phi) is 10.7. The molecule has 0 bridgehead atoms. The van der Waals surface area contributed by atoms with Crippen LogP contribution in [0.4, 0.5) is 0 Å². The fourth-order valence-corrected chi connectivity index (χ4v) is 0.320. The second-order valence-electron chi connectivity index (χ2n) is 2.23. The fourth-order valence-electron chi connectivity index (χ4n) is 0.320. The number of nitro groups is 1. The number of aliphatic hydroxyl groups excluding tert-OH is 2. The van der Waals surface area contributed by atoms with Gasteiger partial charge in [-0.3, -0.25) is 14.9 Å². The molecule has 0 aliphatic rings. The molecular weight excluding hydrogens is 196 g/mol. The van der Waals surface area contributed by atoms with E-state index < -0.39 is 23.7 Å². The molecule has 0 aromatic heterocycles. The number of hydrogen-bond donors (Lipinski definition) is 4. The summed E-state index contributed by atoms with van der Waals surface area (Å²) >= 11 is 0. The van der Waals surface area contributed by atoms with Crippen molar-refractivity contribution in [1.29, 1.82) is 0 Å². The van der Waals surface area contributed by atoms with Crippen molar-refractivity contribution in [3.05, 3.63) is 10.1 Å². The van der Waals surface area contributed by atoms with E-state index in [4.69, 9.17) is 21.1 Å². The first kappa shape index (κ1) is 15.2. The zero-order valence-electron chi connectivity index (χ0n) is 7.50. The third-order valence-electron chi connectivity index (χ3n) is 1.00. The van der Waals surface area contributed by atoms with E-state index in [2.05, 4.69) is 0 Å². The van der Waals surface area contributed by atoms with Gasteiger partial charge in [-0.25, -0.2) is 0 Å². The summed E-state index contributed by atoms with van der Waals surface area (Å²) in [5.74, 6) is -0.773. The Morgan fingerprint density at radius 2 is 2.07 bits per heavy atom. The molecule has 0 aliphatic carbocycles. The number of rotatable bonds is 5. The molecule has 8 nitrogen and oxygen atoms in total. The molecule has 0 saturated carbocycles. The van der Waals surface area contributed by atoms with Crippen LogP contribution >= 0.6 is 0 Å². The lowest BCUT2D eigenvalue weighted by Crippen LogP contribution is -2.22. The van der Waals surface area contributed by atoms with Gasteiger partial charge in [0.2, 0.25) is 0 Å². The predicted octanol–water partition coefficient (Wildman–Crippen LogP) is -1.62. The monoisotopic (exact) mass is 210 g/mol.